The maximum absolute atomic E-state index is 12.4. The van der Waals surface area contributed by atoms with Crippen molar-refractivity contribution in [2.75, 3.05) is 0 Å². The summed E-state index contributed by atoms with van der Waals surface area (Å²) in [5.41, 5.74) is 1.71. The lowest BCUT2D eigenvalue weighted by Crippen LogP contribution is -2.43. The largest absolute Gasteiger partial charge is 0.458 e. The van der Waals surface area contributed by atoms with Crippen molar-refractivity contribution in [3.8, 4) is 0 Å². The van der Waals surface area contributed by atoms with Crippen LogP contribution in [0.3, 0.4) is 0 Å². The molecule has 158 valence electrons. The van der Waals surface area contributed by atoms with E-state index in [0.29, 0.717) is 23.1 Å². The lowest BCUT2D eigenvalue weighted by atomic mass is 9.83. The highest BCUT2D eigenvalue weighted by Crippen LogP contribution is 2.37. The summed E-state index contributed by atoms with van der Waals surface area (Å²) in [5.74, 6) is -2.43. The van der Waals surface area contributed by atoms with Crippen LogP contribution < -0.4 is 0 Å². The zero-order valence-corrected chi connectivity index (χ0v) is 17.4. The Morgan fingerprint density at radius 3 is 2.48 bits per heavy atom. The number of carbonyl (C=O) groups is 3. The van der Waals surface area contributed by atoms with Crippen molar-refractivity contribution in [3.63, 3.8) is 0 Å². The molecule has 7 heteroatoms. The van der Waals surface area contributed by atoms with E-state index in [9.17, 15) is 19.5 Å². The van der Waals surface area contributed by atoms with Gasteiger partial charge in [-0.1, -0.05) is 18.7 Å². The van der Waals surface area contributed by atoms with Crippen LogP contribution in [-0.4, -0.2) is 47.4 Å². The highest BCUT2D eigenvalue weighted by atomic mass is 16.6. The van der Waals surface area contributed by atoms with E-state index >= 15 is 0 Å². The van der Waals surface area contributed by atoms with Gasteiger partial charge in [0, 0.05) is 24.5 Å². The molecule has 0 unspecified atom stereocenters. The van der Waals surface area contributed by atoms with Gasteiger partial charge in [0.05, 0.1) is 5.92 Å². The molecule has 0 radical (unpaired) electrons. The molecule has 1 aliphatic carbocycles. The van der Waals surface area contributed by atoms with Gasteiger partial charge in [0.1, 0.15) is 24.4 Å². The Hall–Kier alpha value is -2.67. The quantitative estimate of drug-likeness (QED) is 0.334. The molecule has 2 rings (SSSR count). The third-order valence-corrected chi connectivity index (χ3v) is 5.29. The Morgan fingerprint density at radius 1 is 1.24 bits per heavy atom. The number of carbonyl (C=O) groups excluding carboxylic acids is 3. The van der Waals surface area contributed by atoms with Crippen molar-refractivity contribution in [1.29, 1.82) is 0 Å². The molecular weight excluding hydrogens is 376 g/mol. The van der Waals surface area contributed by atoms with Crippen LogP contribution in [0, 0.1) is 5.92 Å². The standard InChI is InChI=1S/C22H28O7/c1-7-11(2)21(25)29-20-18-14(5)22(26)28-17(18)10-13(4)16(27-15(6)23)9-8-12(3)19(20)24/h7-8,10,16-20,24H,5,9H2,1-4,6H3/b11-7+,12-8+,13-10+/t16-,17+,18-,19+,20-/m0/s1. The number of rotatable bonds is 3. The lowest BCUT2D eigenvalue weighted by Gasteiger charge is -2.32. The second kappa shape index (κ2) is 9.22. The first-order valence-corrected chi connectivity index (χ1v) is 9.50. The monoisotopic (exact) mass is 404 g/mol. The molecule has 0 aromatic rings. The Kier molecular flexibility index (Phi) is 7.19. The van der Waals surface area contributed by atoms with Crippen LogP contribution in [0.5, 0.6) is 0 Å². The number of allylic oxidation sites excluding steroid dienone is 1. The van der Waals surface area contributed by atoms with E-state index in [4.69, 9.17) is 14.2 Å². The summed E-state index contributed by atoms with van der Waals surface area (Å²) in [5, 5.41) is 10.9. The Balaban J connectivity index is 2.52. The highest BCUT2D eigenvalue weighted by molar-refractivity contribution is 5.92. The second-order valence-electron chi connectivity index (χ2n) is 7.40. The van der Waals surface area contributed by atoms with Crippen LogP contribution in [0.1, 0.15) is 41.0 Å². The van der Waals surface area contributed by atoms with Gasteiger partial charge in [-0.2, -0.15) is 0 Å². The fourth-order valence-electron chi connectivity index (χ4n) is 3.36. The molecule has 0 spiro atoms. The molecule has 7 nitrogen and oxygen atoms in total. The van der Waals surface area contributed by atoms with E-state index in [2.05, 4.69) is 6.58 Å². The predicted molar refractivity (Wildman–Crippen MR) is 106 cm³/mol. The van der Waals surface area contributed by atoms with Gasteiger partial charge in [0.25, 0.3) is 0 Å². The van der Waals surface area contributed by atoms with E-state index in [1.807, 2.05) is 0 Å². The van der Waals surface area contributed by atoms with Gasteiger partial charge in [-0.25, -0.2) is 9.59 Å². The van der Waals surface area contributed by atoms with E-state index in [1.54, 1.807) is 45.9 Å². The molecule has 1 fully saturated rings. The van der Waals surface area contributed by atoms with Crippen LogP contribution in [-0.2, 0) is 28.6 Å². The van der Waals surface area contributed by atoms with Gasteiger partial charge < -0.3 is 19.3 Å². The zero-order valence-electron chi connectivity index (χ0n) is 17.4. The molecule has 0 aromatic carbocycles. The summed E-state index contributed by atoms with van der Waals surface area (Å²) in [6.07, 6.45) is 1.71. The second-order valence-corrected chi connectivity index (χ2v) is 7.40. The van der Waals surface area contributed by atoms with Gasteiger partial charge in [-0.05, 0) is 44.9 Å². The summed E-state index contributed by atoms with van der Waals surface area (Å²) in [6, 6.07) is 0. The minimum absolute atomic E-state index is 0.117. The van der Waals surface area contributed by atoms with Crippen LogP contribution in [0.2, 0.25) is 0 Å². The molecular formula is C22H28O7. The fraction of sp³-hybridized carbons (Fsp3) is 0.500. The molecule has 0 amide bonds. The number of hydrogen-bond acceptors (Lipinski definition) is 7. The molecule has 1 aliphatic heterocycles. The topological polar surface area (TPSA) is 99.1 Å². The van der Waals surface area contributed by atoms with Gasteiger partial charge in [-0.3, -0.25) is 4.79 Å². The molecule has 0 aromatic heterocycles. The molecule has 1 saturated heterocycles. The van der Waals surface area contributed by atoms with Crippen LogP contribution >= 0.6 is 0 Å². The van der Waals surface area contributed by atoms with Crippen molar-refractivity contribution in [3.05, 3.63) is 47.1 Å². The van der Waals surface area contributed by atoms with E-state index < -0.39 is 48.2 Å². The molecule has 1 heterocycles. The third-order valence-electron chi connectivity index (χ3n) is 5.29. The summed E-state index contributed by atoms with van der Waals surface area (Å²) in [4.78, 5) is 36.1. The molecule has 2 aliphatic rings. The van der Waals surface area contributed by atoms with Crippen LogP contribution in [0.4, 0.5) is 0 Å². The summed E-state index contributed by atoms with van der Waals surface area (Å²) >= 11 is 0. The van der Waals surface area contributed by atoms with Gasteiger partial charge in [0.15, 0.2) is 0 Å². The molecule has 0 bridgehead atoms. The number of hydrogen-bond donors (Lipinski definition) is 1. The lowest BCUT2D eigenvalue weighted by molar-refractivity contribution is -0.153. The van der Waals surface area contributed by atoms with Gasteiger partial charge >= 0.3 is 17.9 Å². The smallest absolute Gasteiger partial charge is 0.334 e. The first-order valence-electron chi connectivity index (χ1n) is 9.50. The van der Waals surface area contributed by atoms with Crippen LogP contribution in [0.15, 0.2) is 47.1 Å². The van der Waals surface area contributed by atoms with Crippen molar-refractivity contribution in [2.24, 2.45) is 5.92 Å². The van der Waals surface area contributed by atoms with Crippen molar-refractivity contribution < 1.29 is 33.7 Å². The maximum atomic E-state index is 12.4. The maximum Gasteiger partial charge on any atom is 0.334 e. The normalized spacial score (nSPS) is 34.1. The molecule has 5 atom stereocenters. The van der Waals surface area contributed by atoms with E-state index in [1.165, 1.54) is 6.92 Å². The number of aliphatic hydroxyl groups is 1. The Labute approximate surface area is 170 Å². The van der Waals surface area contributed by atoms with E-state index in [-0.39, 0.29) is 5.57 Å². The number of aliphatic hydroxyl groups excluding tert-OH is 1. The molecule has 0 saturated carbocycles. The van der Waals surface area contributed by atoms with Crippen molar-refractivity contribution in [2.45, 2.75) is 65.5 Å². The minimum Gasteiger partial charge on any atom is -0.458 e. The number of fused-ring (bicyclic) bond motifs is 1. The fourth-order valence-corrected chi connectivity index (χ4v) is 3.36. The first-order chi connectivity index (χ1) is 13.6. The predicted octanol–water partition coefficient (Wildman–Crippen LogP) is 2.55. The third kappa shape index (κ3) is 5.03. The van der Waals surface area contributed by atoms with Gasteiger partial charge in [-0.15, -0.1) is 0 Å². The van der Waals surface area contributed by atoms with Crippen molar-refractivity contribution >= 4 is 17.9 Å². The summed E-state index contributed by atoms with van der Waals surface area (Å²) in [6.45, 7) is 11.9. The number of esters is 3. The summed E-state index contributed by atoms with van der Waals surface area (Å²) < 4.78 is 16.4. The SMILES string of the molecule is C=C1C(=O)O[C@@H]2/C=C(\C)[C@@H](OC(C)=O)C/C=C(\C)[C@@H](O)[C@@H](OC(=O)/C(C)=C/C)[C@@H]12. The minimum atomic E-state index is -1.19. The summed E-state index contributed by atoms with van der Waals surface area (Å²) in [7, 11) is 0. The Morgan fingerprint density at radius 2 is 1.90 bits per heavy atom. The Bertz CT molecular complexity index is 802. The molecule has 29 heavy (non-hydrogen) atoms. The number of ether oxygens (including phenoxy) is 3. The molecule has 1 N–H and O–H groups in total. The average molecular weight is 404 g/mol. The zero-order chi connectivity index (χ0) is 21.9. The van der Waals surface area contributed by atoms with Crippen LogP contribution in [0.25, 0.3) is 0 Å². The highest BCUT2D eigenvalue weighted by Gasteiger charge is 2.47. The van der Waals surface area contributed by atoms with Crippen molar-refractivity contribution in [1.82, 2.24) is 0 Å². The van der Waals surface area contributed by atoms with Gasteiger partial charge in [0.2, 0.25) is 0 Å². The average Bonchev–Trinajstić information content (AvgIpc) is 2.93. The van der Waals surface area contributed by atoms with E-state index in [0.717, 1.165) is 0 Å². The first kappa shape index (κ1) is 22.6.